The van der Waals surface area contributed by atoms with Crippen LogP contribution in [0, 0.1) is 0 Å². The summed E-state index contributed by atoms with van der Waals surface area (Å²) in [5.74, 6) is 0. The van der Waals surface area contributed by atoms with Crippen molar-refractivity contribution in [2.45, 2.75) is 6.42 Å². The second-order valence-corrected chi connectivity index (χ2v) is 2.42. The Morgan fingerprint density at radius 2 is 2.50 bits per heavy atom. The second kappa shape index (κ2) is 3.46. The minimum absolute atomic E-state index is 0.262. The first-order chi connectivity index (χ1) is 4.84. The van der Waals surface area contributed by atoms with Gasteiger partial charge in [-0.25, -0.2) is 0 Å². The molecule has 0 saturated heterocycles. The third-order valence-corrected chi connectivity index (χ3v) is 1.59. The van der Waals surface area contributed by atoms with E-state index in [1.54, 1.807) is 6.26 Å². The van der Waals surface area contributed by atoms with Gasteiger partial charge in [0.15, 0.2) is 0 Å². The molecule has 1 N–H and O–H groups in total. The van der Waals surface area contributed by atoms with E-state index in [-0.39, 0.29) is 6.61 Å². The van der Waals surface area contributed by atoms with Gasteiger partial charge in [-0.3, -0.25) is 0 Å². The third-order valence-electron chi connectivity index (χ3n) is 1.59. The molecule has 0 amide bonds. The van der Waals surface area contributed by atoms with Crippen LogP contribution in [-0.2, 0) is 4.74 Å². The lowest BCUT2D eigenvalue weighted by Gasteiger charge is -2.26. The van der Waals surface area contributed by atoms with E-state index in [0.717, 1.165) is 19.6 Å². The van der Waals surface area contributed by atoms with Crippen LogP contribution in [-0.4, -0.2) is 36.8 Å². The molecule has 3 nitrogen and oxygen atoms in total. The summed E-state index contributed by atoms with van der Waals surface area (Å²) in [7, 11) is 2.00. The van der Waals surface area contributed by atoms with E-state index in [0.29, 0.717) is 0 Å². The van der Waals surface area contributed by atoms with Crippen LogP contribution in [0.2, 0.25) is 0 Å². The van der Waals surface area contributed by atoms with Crippen molar-refractivity contribution in [3.63, 3.8) is 0 Å². The van der Waals surface area contributed by atoms with Crippen molar-refractivity contribution >= 4 is 0 Å². The molecule has 1 rings (SSSR count). The van der Waals surface area contributed by atoms with Crippen molar-refractivity contribution in [1.29, 1.82) is 0 Å². The second-order valence-electron chi connectivity index (χ2n) is 2.42. The summed E-state index contributed by atoms with van der Waals surface area (Å²) < 4.78 is 4.87. The molecule has 1 heterocycles. The third kappa shape index (κ3) is 1.64. The molecule has 0 bridgehead atoms. The quantitative estimate of drug-likeness (QED) is 0.609. The van der Waals surface area contributed by atoms with Gasteiger partial charge in [0.2, 0.25) is 0 Å². The van der Waals surface area contributed by atoms with Gasteiger partial charge >= 0.3 is 0 Å². The summed E-state index contributed by atoms with van der Waals surface area (Å²) >= 11 is 0. The zero-order valence-corrected chi connectivity index (χ0v) is 6.21. The predicted molar refractivity (Wildman–Crippen MR) is 38.4 cm³/mol. The molecule has 0 atom stereocenters. The highest BCUT2D eigenvalue weighted by Crippen LogP contribution is 2.11. The largest absolute Gasteiger partial charge is 0.493 e. The van der Waals surface area contributed by atoms with Gasteiger partial charge in [-0.15, -0.1) is 0 Å². The Labute approximate surface area is 60.9 Å². The van der Waals surface area contributed by atoms with Crippen LogP contribution in [0.3, 0.4) is 0 Å². The molecule has 10 heavy (non-hydrogen) atoms. The van der Waals surface area contributed by atoms with Crippen LogP contribution in [0.5, 0.6) is 0 Å². The van der Waals surface area contributed by atoms with Gasteiger partial charge in [0.05, 0.1) is 5.70 Å². The molecule has 0 spiro atoms. The maximum Gasteiger partial charge on any atom is 0.130 e. The molecular formula is C7H13NO2. The van der Waals surface area contributed by atoms with E-state index in [9.17, 15) is 0 Å². The number of aliphatic hydroxyl groups is 1. The van der Waals surface area contributed by atoms with Crippen molar-refractivity contribution in [3.05, 3.63) is 12.0 Å². The summed E-state index contributed by atoms with van der Waals surface area (Å²) in [6.07, 6.45) is 2.57. The fraction of sp³-hybridized carbons (Fsp3) is 0.714. The molecule has 0 aromatic heterocycles. The highest BCUT2D eigenvalue weighted by Gasteiger charge is 2.10. The van der Waals surface area contributed by atoms with Crippen LogP contribution in [0.4, 0.5) is 0 Å². The normalized spacial score (nSPS) is 15.2. The number of hydrogen-bond acceptors (Lipinski definition) is 3. The molecule has 0 saturated carbocycles. The first kappa shape index (κ1) is 7.41. The summed E-state index contributed by atoms with van der Waals surface area (Å²) in [5, 5.41) is 8.51. The average Bonchev–Trinajstić information content (AvgIpc) is 1.79. The van der Waals surface area contributed by atoms with Crippen molar-refractivity contribution in [2.75, 3.05) is 26.8 Å². The summed E-state index contributed by atoms with van der Waals surface area (Å²) in [6.45, 7) is 1.89. The van der Waals surface area contributed by atoms with Gasteiger partial charge in [0.1, 0.15) is 12.9 Å². The maximum absolute atomic E-state index is 8.51. The van der Waals surface area contributed by atoms with Crippen molar-refractivity contribution in [2.24, 2.45) is 0 Å². The lowest BCUT2D eigenvalue weighted by atomic mass is 10.3. The van der Waals surface area contributed by atoms with Gasteiger partial charge in [0.25, 0.3) is 0 Å². The van der Waals surface area contributed by atoms with Gasteiger partial charge < -0.3 is 14.7 Å². The number of likely N-dealkylation sites (N-methyl/N-ethyl adjacent to an activating group) is 1. The summed E-state index contributed by atoms with van der Waals surface area (Å²) in [5.41, 5.74) is 1.22. The first-order valence-corrected chi connectivity index (χ1v) is 3.47. The predicted octanol–water partition coefficient (Wildman–Crippen LogP) is 0.172. The fourth-order valence-electron chi connectivity index (χ4n) is 0.810. The van der Waals surface area contributed by atoms with Crippen LogP contribution < -0.4 is 0 Å². The van der Waals surface area contributed by atoms with Crippen molar-refractivity contribution < 1.29 is 9.84 Å². The smallest absolute Gasteiger partial charge is 0.130 e. The lowest BCUT2D eigenvalue weighted by molar-refractivity contribution is 0.163. The number of aliphatic hydroxyl groups excluding tert-OH is 1. The number of hydrogen-bond donors (Lipinski definition) is 1. The molecule has 0 aliphatic carbocycles. The Hall–Kier alpha value is -0.700. The molecule has 1 aliphatic rings. The van der Waals surface area contributed by atoms with E-state index >= 15 is 0 Å². The lowest BCUT2D eigenvalue weighted by Crippen LogP contribution is -2.26. The molecule has 0 fully saturated rings. The van der Waals surface area contributed by atoms with Gasteiger partial charge in [-0.05, 0) is 6.42 Å². The topological polar surface area (TPSA) is 32.7 Å². The first-order valence-electron chi connectivity index (χ1n) is 3.47. The minimum Gasteiger partial charge on any atom is -0.493 e. The summed E-state index contributed by atoms with van der Waals surface area (Å²) in [4.78, 5) is 2.10. The molecule has 0 aromatic carbocycles. The van der Waals surface area contributed by atoms with Gasteiger partial charge in [-0.2, -0.15) is 0 Å². The zero-order valence-electron chi connectivity index (χ0n) is 6.21. The van der Waals surface area contributed by atoms with Gasteiger partial charge in [-0.1, -0.05) is 0 Å². The Kier molecular flexibility index (Phi) is 2.57. The molecule has 3 heteroatoms. The molecule has 58 valence electrons. The standard InChI is InChI=1S/C7H13NO2/c1-8(3-2-4-9)7-5-10-6-7/h5,9H,2-4,6H2,1H3. The molecule has 0 unspecified atom stereocenters. The SMILES string of the molecule is CN(CCCO)C1=COC1. The Bertz CT molecular complexity index is 134. The van der Waals surface area contributed by atoms with E-state index < -0.39 is 0 Å². The maximum atomic E-state index is 8.51. The summed E-state index contributed by atoms with van der Waals surface area (Å²) in [6, 6.07) is 0. The van der Waals surface area contributed by atoms with E-state index in [1.165, 1.54) is 5.70 Å². The van der Waals surface area contributed by atoms with Crippen molar-refractivity contribution in [3.8, 4) is 0 Å². The van der Waals surface area contributed by atoms with Crippen LogP contribution in [0.15, 0.2) is 12.0 Å². The van der Waals surface area contributed by atoms with E-state index in [1.807, 2.05) is 7.05 Å². The molecule has 0 radical (unpaired) electrons. The average molecular weight is 143 g/mol. The number of ether oxygens (including phenoxy) is 1. The zero-order chi connectivity index (χ0) is 7.40. The highest BCUT2D eigenvalue weighted by atomic mass is 16.5. The van der Waals surface area contributed by atoms with Crippen LogP contribution in [0.1, 0.15) is 6.42 Å². The Morgan fingerprint density at radius 3 is 2.90 bits per heavy atom. The van der Waals surface area contributed by atoms with Crippen LogP contribution in [0.25, 0.3) is 0 Å². The Morgan fingerprint density at radius 1 is 1.80 bits per heavy atom. The number of nitrogens with zero attached hydrogens (tertiary/aromatic N) is 1. The number of rotatable bonds is 4. The molecule has 0 aromatic rings. The molecule has 1 aliphatic heterocycles. The highest BCUT2D eigenvalue weighted by molar-refractivity contribution is 5.03. The van der Waals surface area contributed by atoms with Crippen LogP contribution >= 0.6 is 0 Å². The van der Waals surface area contributed by atoms with E-state index in [2.05, 4.69) is 4.90 Å². The fourth-order valence-corrected chi connectivity index (χ4v) is 0.810. The Balaban J connectivity index is 2.14. The monoisotopic (exact) mass is 143 g/mol. The van der Waals surface area contributed by atoms with E-state index in [4.69, 9.17) is 9.84 Å². The van der Waals surface area contributed by atoms with Crippen molar-refractivity contribution in [1.82, 2.24) is 4.90 Å². The van der Waals surface area contributed by atoms with Gasteiger partial charge in [0, 0.05) is 20.2 Å². The molecular weight excluding hydrogens is 130 g/mol. The minimum atomic E-state index is 0.262.